The van der Waals surface area contributed by atoms with Crippen LogP contribution in [-0.2, 0) is 6.42 Å². The normalized spacial score (nSPS) is 13.2. The van der Waals surface area contributed by atoms with E-state index in [-0.39, 0.29) is 6.04 Å². The molecule has 1 unspecified atom stereocenters. The van der Waals surface area contributed by atoms with Crippen LogP contribution in [0, 0.1) is 0 Å². The lowest BCUT2D eigenvalue weighted by Gasteiger charge is -2.13. The summed E-state index contributed by atoms with van der Waals surface area (Å²) in [5.41, 5.74) is 7.23. The first-order chi connectivity index (χ1) is 8.21. The molecule has 0 radical (unpaired) electrons. The molecular weight excluding hydrogens is 210 g/mol. The van der Waals surface area contributed by atoms with Gasteiger partial charge in [0.25, 0.3) is 0 Å². The summed E-state index contributed by atoms with van der Waals surface area (Å²) in [6.45, 7) is 6.62. The lowest BCUT2D eigenvalue weighted by Crippen LogP contribution is -2.23. The fourth-order valence-electron chi connectivity index (χ4n) is 2.19. The van der Waals surface area contributed by atoms with Crippen LogP contribution >= 0.6 is 0 Å². The van der Waals surface area contributed by atoms with Gasteiger partial charge in [-0.2, -0.15) is 5.10 Å². The van der Waals surface area contributed by atoms with Crippen molar-refractivity contribution < 1.29 is 0 Å². The Morgan fingerprint density at radius 3 is 2.59 bits per heavy atom. The second-order valence-electron chi connectivity index (χ2n) is 4.86. The van der Waals surface area contributed by atoms with Gasteiger partial charge in [-0.15, -0.1) is 0 Å². The third kappa shape index (κ3) is 4.50. The standard InChI is InChI=1S/C14H27N3/c1-4-7-8-12(15)11-13-9-10-17(16-13)14(5-2)6-3/h9-10,12,14H,4-8,11,15H2,1-3H3. The van der Waals surface area contributed by atoms with E-state index in [0.717, 1.165) is 31.4 Å². The van der Waals surface area contributed by atoms with Crippen molar-refractivity contribution in [1.29, 1.82) is 0 Å². The van der Waals surface area contributed by atoms with Crippen molar-refractivity contribution in [2.75, 3.05) is 0 Å². The molecule has 0 amide bonds. The molecule has 1 heterocycles. The fraction of sp³-hybridized carbons (Fsp3) is 0.786. The van der Waals surface area contributed by atoms with Gasteiger partial charge in [0, 0.05) is 18.7 Å². The summed E-state index contributed by atoms with van der Waals surface area (Å²) in [6.07, 6.45) is 8.82. The maximum absolute atomic E-state index is 6.09. The average molecular weight is 237 g/mol. The zero-order chi connectivity index (χ0) is 12.7. The van der Waals surface area contributed by atoms with E-state index in [1.54, 1.807) is 0 Å². The Bertz CT molecular complexity index is 302. The predicted molar refractivity (Wildman–Crippen MR) is 73.1 cm³/mol. The molecular formula is C14H27N3. The SMILES string of the molecule is CCCCC(N)Cc1ccn(C(CC)CC)n1. The van der Waals surface area contributed by atoms with E-state index < -0.39 is 0 Å². The van der Waals surface area contributed by atoms with Gasteiger partial charge in [-0.1, -0.05) is 33.6 Å². The van der Waals surface area contributed by atoms with Crippen LogP contribution in [0.4, 0.5) is 0 Å². The maximum Gasteiger partial charge on any atom is 0.0640 e. The van der Waals surface area contributed by atoms with Crippen molar-refractivity contribution in [2.45, 2.75) is 71.4 Å². The molecule has 98 valence electrons. The van der Waals surface area contributed by atoms with Gasteiger partial charge in [0.2, 0.25) is 0 Å². The molecule has 1 aromatic heterocycles. The fourth-order valence-corrected chi connectivity index (χ4v) is 2.19. The first kappa shape index (κ1) is 14.2. The highest BCUT2D eigenvalue weighted by atomic mass is 15.3. The number of nitrogens with two attached hydrogens (primary N) is 1. The van der Waals surface area contributed by atoms with Crippen LogP contribution < -0.4 is 5.73 Å². The Morgan fingerprint density at radius 1 is 1.29 bits per heavy atom. The van der Waals surface area contributed by atoms with E-state index in [4.69, 9.17) is 5.73 Å². The summed E-state index contributed by atoms with van der Waals surface area (Å²) in [7, 11) is 0. The highest BCUT2D eigenvalue weighted by Gasteiger charge is 2.10. The number of nitrogens with zero attached hydrogens (tertiary/aromatic N) is 2. The smallest absolute Gasteiger partial charge is 0.0640 e. The molecule has 0 saturated heterocycles. The van der Waals surface area contributed by atoms with E-state index in [1.165, 1.54) is 12.8 Å². The molecule has 0 aromatic carbocycles. The van der Waals surface area contributed by atoms with Crippen molar-refractivity contribution in [3.05, 3.63) is 18.0 Å². The van der Waals surface area contributed by atoms with Crippen LogP contribution in [0.5, 0.6) is 0 Å². The topological polar surface area (TPSA) is 43.8 Å². The molecule has 1 rings (SSSR count). The van der Waals surface area contributed by atoms with Gasteiger partial charge in [0.05, 0.1) is 11.7 Å². The van der Waals surface area contributed by atoms with Crippen LogP contribution in [0.3, 0.4) is 0 Å². The lowest BCUT2D eigenvalue weighted by molar-refractivity contribution is 0.423. The van der Waals surface area contributed by atoms with Crippen LogP contribution in [0.25, 0.3) is 0 Å². The Labute approximate surface area is 105 Å². The first-order valence-electron chi connectivity index (χ1n) is 7.00. The summed E-state index contributed by atoms with van der Waals surface area (Å²) >= 11 is 0. The van der Waals surface area contributed by atoms with E-state index >= 15 is 0 Å². The monoisotopic (exact) mass is 237 g/mol. The maximum atomic E-state index is 6.09. The second kappa shape index (κ2) is 7.49. The average Bonchev–Trinajstić information content (AvgIpc) is 2.76. The second-order valence-corrected chi connectivity index (χ2v) is 4.86. The minimum absolute atomic E-state index is 0.264. The molecule has 0 aliphatic rings. The molecule has 0 aliphatic carbocycles. The van der Waals surface area contributed by atoms with Gasteiger partial charge in [-0.25, -0.2) is 0 Å². The highest BCUT2D eigenvalue weighted by Crippen LogP contribution is 2.15. The van der Waals surface area contributed by atoms with E-state index in [2.05, 4.69) is 42.8 Å². The summed E-state index contributed by atoms with van der Waals surface area (Å²) in [6, 6.07) is 2.92. The molecule has 0 fully saturated rings. The predicted octanol–water partition coefficient (Wildman–Crippen LogP) is 3.30. The number of unbranched alkanes of at least 4 members (excludes halogenated alkanes) is 1. The quantitative estimate of drug-likeness (QED) is 0.754. The number of rotatable bonds is 8. The van der Waals surface area contributed by atoms with Crippen molar-refractivity contribution in [3.63, 3.8) is 0 Å². The Morgan fingerprint density at radius 2 is 2.00 bits per heavy atom. The molecule has 0 aliphatic heterocycles. The highest BCUT2D eigenvalue weighted by molar-refractivity contribution is 5.02. The number of hydrogen-bond acceptors (Lipinski definition) is 2. The van der Waals surface area contributed by atoms with Gasteiger partial charge in [-0.3, -0.25) is 4.68 Å². The Kier molecular flexibility index (Phi) is 6.27. The number of hydrogen-bond donors (Lipinski definition) is 1. The molecule has 2 N–H and O–H groups in total. The van der Waals surface area contributed by atoms with Gasteiger partial charge < -0.3 is 5.73 Å². The summed E-state index contributed by atoms with van der Waals surface area (Å²) in [5, 5.41) is 4.64. The molecule has 0 bridgehead atoms. The zero-order valence-corrected chi connectivity index (χ0v) is 11.5. The van der Waals surface area contributed by atoms with Gasteiger partial charge in [0.15, 0.2) is 0 Å². The molecule has 1 atom stereocenters. The summed E-state index contributed by atoms with van der Waals surface area (Å²) < 4.78 is 2.10. The van der Waals surface area contributed by atoms with Crippen LogP contribution in [0.2, 0.25) is 0 Å². The van der Waals surface area contributed by atoms with Gasteiger partial charge >= 0.3 is 0 Å². The lowest BCUT2D eigenvalue weighted by atomic mass is 10.1. The van der Waals surface area contributed by atoms with Crippen molar-refractivity contribution in [2.24, 2.45) is 5.73 Å². The molecule has 3 nitrogen and oxygen atoms in total. The third-order valence-electron chi connectivity index (χ3n) is 3.38. The van der Waals surface area contributed by atoms with Gasteiger partial charge in [-0.05, 0) is 25.3 Å². The molecule has 3 heteroatoms. The molecule has 1 aromatic rings. The minimum Gasteiger partial charge on any atom is -0.327 e. The minimum atomic E-state index is 0.264. The first-order valence-corrected chi connectivity index (χ1v) is 7.00. The Balaban J connectivity index is 2.50. The molecule has 0 spiro atoms. The molecule has 0 saturated carbocycles. The zero-order valence-electron chi connectivity index (χ0n) is 11.5. The molecule has 17 heavy (non-hydrogen) atoms. The van der Waals surface area contributed by atoms with Crippen molar-refractivity contribution >= 4 is 0 Å². The largest absolute Gasteiger partial charge is 0.327 e. The van der Waals surface area contributed by atoms with E-state index in [9.17, 15) is 0 Å². The van der Waals surface area contributed by atoms with Crippen LogP contribution in [0.1, 0.15) is 64.6 Å². The van der Waals surface area contributed by atoms with Crippen LogP contribution in [-0.4, -0.2) is 15.8 Å². The summed E-state index contributed by atoms with van der Waals surface area (Å²) in [4.78, 5) is 0. The van der Waals surface area contributed by atoms with Crippen LogP contribution in [0.15, 0.2) is 12.3 Å². The van der Waals surface area contributed by atoms with Gasteiger partial charge in [0.1, 0.15) is 0 Å². The van der Waals surface area contributed by atoms with Crippen molar-refractivity contribution in [3.8, 4) is 0 Å². The van der Waals surface area contributed by atoms with E-state index in [1.807, 2.05) is 0 Å². The van der Waals surface area contributed by atoms with Crippen molar-refractivity contribution in [1.82, 2.24) is 9.78 Å². The third-order valence-corrected chi connectivity index (χ3v) is 3.38. The van der Waals surface area contributed by atoms with E-state index in [0.29, 0.717) is 6.04 Å². The summed E-state index contributed by atoms with van der Waals surface area (Å²) in [5.74, 6) is 0. The number of aromatic nitrogens is 2. The Hall–Kier alpha value is -0.830.